The van der Waals surface area contributed by atoms with Gasteiger partial charge in [0.1, 0.15) is 0 Å². The number of hydrogen-bond acceptors (Lipinski definition) is 3. The monoisotopic (exact) mass is 361 g/mol. The van der Waals surface area contributed by atoms with Crippen LogP contribution in [0.3, 0.4) is 0 Å². The molecular weight excluding hydrogens is 338 g/mol. The number of carbonyl (C=O) groups is 1. The molecule has 3 rings (SSSR count). The van der Waals surface area contributed by atoms with Gasteiger partial charge in [0.2, 0.25) is 5.91 Å². The third kappa shape index (κ3) is 5.39. The Kier molecular flexibility index (Phi) is 6.55. The van der Waals surface area contributed by atoms with Gasteiger partial charge in [-0.25, -0.2) is 4.68 Å². The number of rotatable bonds is 8. The summed E-state index contributed by atoms with van der Waals surface area (Å²) in [6.07, 6.45) is 7.02. The van der Waals surface area contributed by atoms with E-state index in [0.29, 0.717) is 19.7 Å². The minimum Gasteiger partial charge on any atom is -0.383 e. The highest BCUT2D eigenvalue weighted by atomic mass is 16.5. The van der Waals surface area contributed by atoms with Crippen LogP contribution in [0.1, 0.15) is 11.1 Å². The molecule has 5 nitrogen and oxygen atoms in total. The Hall–Kier alpha value is -3.18. The summed E-state index contributed by atoms with van der Waals surface area (Å²) in [6.45, 7) is 1.59. The Morgan fingerprint density at radius 3 is 2.52 bits per heavy atom. The lowest BCUT2D eigenvalue weighted by atomic mass is 10.2. The summed E-state index contributed by atoms with van der Waals surface area (Å²) in [5.74, 6) is -0.0524. The van der Waals surface area contributed by atoms with Gasteiger partial charge in [-0.15, -0.1) is 0 Å². The fourth-order valence-electron chi connectivity index (χ4n) is 2.69. The number of nitrogens with zero attached hydrogens (tertiary/aromatic N) is 3. The minimum absolute atomic E-state index is 0.0524. The van der Waals surface area contributed by atoms with Crippen molar-refractivity contribution in [2.45, 2.75) is 6.54 Å². The summed E-state index contributed by atoms with van der Waals surface area (Å²) in [4.78, 5) is 14.4. The fourth-order valence-corrected chi connectivity index (χ4v) is 2.69. The molecule has 2 aromatic carbocycles. The van der Waals surface area contributed by atoms with E-state index in [1.807, 2.05) is 66.9 Å². The van der Waals surface area contributed by atoms with Crippen molar-refractivity contribution < 1.29 is 9.53 Å². The molecule has 0 radical (unpaired) electrons. The van der Waals surface area contributed by atoms with Crippen LogP contribution in [0.5, 0.6) is 0 Å². The highest BCUT2D eigenvalue weighted by molar-refractivity contribution is 5.91. The first kappa shape index (κ1) is 18.6. The van der Waals surface area contributed by atoms with E-state index < -0.39 is 0 Å². The quantitative estimate of drug-likeness (QED) is 0.577. The second-order valence-electron chi connectivity index (χ2n) is 6.13. The number of methoxy groups -OCH3 is 1. The van der Waals surface area contributed by atoms with Gasteiger partial charge in [0.05, 0.1) is 18.5 Å². The lowest BCUT2D eigenvalue weighted by molar-refractivity contribution is -0.127. The normalized spacial score (nSPS) is 11.0. The largest absolute Gasteiger partial charge is 0.383 e. The Morgan fingerprint density at radius 2 is 1.81 bits per heavy atom. The molecule has 0 saturated heterocycles. The van der Waals surface area contributed by atoms with Crippen LogP contribution in [0.15, 0.2) is 79.1 Å². The highest BCUT2D eigenvalue weighted by Gasteiger charge is 2.11. The zero-order valence-corrected chi connectivity index (χ0v) is 15.4. The van der Waals surface area contributed by atoms with Crippen molar-refractivity contribution in [2.75, 3.05) is 20.3 Å². The topological polar surface area (TPSA) is 47.4 Å². The Labute approximate surface area is 159 Å². The summed E-state index contributed by atoms with van der Waals surface area (Å²) in [6, 6.07) is 19.8. The zero-order valence-electron chi connectivity index (χ0n) is 15.4. The Bertz CT molecular complexity index is 873. The molecular formula is C22H23N3O2. The predicted octanol–water partition coefficient (Wildman–Crippen LogP) is 3.56. The lowest BCUT2D eigenvalue weighted by Gasteiger charge is -2.21. The SMILES string of the molecule is COCCN(Cc1ccccc1)C(=O)/C=C/c1cnn(-c2ccccc2)c1. The predicted molar refractivity (Wildman–Crippen MR) is 106 cm³/mol. The van der Waals surface area contributed by atoms with E-state index in [4.69, 9.17) is 4.74 Å². The van der Waals surface area contributed by atoms with E-state index in [1.54, 1.807) is 35.0 Å². The number of aromatic nitrogens is 2. The first-order valence-electron chi connectivity index (χ1n) is 8.86. The first-order chi connectivity index (χ1) is 13.3. The number of amides is 1. The van der Waals surface area contributed by atoms with E-state index in [2.05, 4.69) is 5.10 Å². The lowest BCUT2D eigenvalue weighted by Crippen LogP contribution is -2.32. The van der Waals surface area contributed by atoms with Crippen molar-refractivity contribution in [3.63, 3.8) is 0 Å². The van der Waals surface area contributed by atoms with Gasteiger partial charge < -0.3 is 9.64 Å². The van der Waals surface area contributed by atoms with Gasteiger partial charge in [0.25, 0.3) is 0 Å². The maximum Gasteiger partial charge on any atom is 0.246 e. The van der Waals surface area contributed by atoms with Gasteiger partial charge in [-0.1, -0.05) is 48.5 Å². The molecule has 0 aliphatic carbocycles. The third-order valence-electron chi connectivity index (χ3n) is 4.13. The molecule has 1 heterocycles. The van der Waals surface area contributed by atoms with E-state index >= 15 is 0 Å². The van der Waals surface area contributed by atoms with Crippen LogP contribution < -0.4 is 0 Å². The van der Waals surface area contributed by atoms with Gasteiger partial charge in [-0.05, 0) is 23.8 Å². The second kappa shape index (κ2) is 9.50. The van der Waals surface area contributed by atoms with Crippen molar-refractivity contribution in [1.29, 1.82) is 0 Å². The molecule has 1 aromatic heterocycles. The van der Waals surface area contributed by atoms with E-state index in [-0.39, 0.29) is 5.91 Å². The van der Waals surface area contributed by atoms with E-state index in [0.717, 1.165) is 16.8 Å². The fraction of sp³-hybridized carbons (Fsp3) is 0.182. The summed E-state index contributed by atoms with van der Waals surface area (Å²) in [5, 5.41) is 4.35. The molecule has 0 aliphatic heterocycles. The Balaban J connectivity index is 1.68. The molecule has 0 bridgehead atoms. The molecule has 27 heavy (non-hydrogen) atoms. The molecule has 3 aromatic rings. The zero-order chi connectivity index (χ0) is 18.9. The first-order valence-corrected chi connectivity index (χ1v) is 8.86. The van der Waals surface area contributed by atoms with Gasteiger partial charge >= 0.3 is 0 Å². The van der Waals surface area contributed by atoms with Crippen LogP contribution in [-0.4, -0.2) is 40.8 Å². The average Bonchev–Trinajstić information content (AvgIpc) is 3.20. The molecule has 0 unspecified atom stereocenters. The minimum atomic E-state index is -0.0524. The molecule has 5 heteroatoms. The highest BCUT2D eigenvalue weighted by Crippen LogP contribution is 2.10. The Morgan fingerprint density at radius 1 is 1.11 bits per heavy atom. The molecule has 0 saturated carbocycles. The average molecular weight is 361 g/mol. The van der Waals surface area contributed by atoms with Gasteiger partial charge in [0, 0.05) is 38.0 Å². The molecule has 0 N–H and O–H groups in total. The molecule has 1 amide bonds. The second-order valence-corrected chi connectivity index (χ2v) is 6.13. The number of ether oxygens (including phenoxy) is 1. The van der Waals surface area contributed by atoms with Crippen molar-refractivity contribution in [3.8, 4) is 5.69 Å². The molecule has 138 valence electrons. The van der Waals surface area contributed by atoms with Crippen molar-refractivity contribution >= 4 is 12.0 Å². The van der Waals surface area contributed by atoms with Crippen LogP contribution >= 0.6 is 0 Å². The van der Waals surface area contributed by atoms with Crippen LogP contribution in [0.4, 0.5) is 0 Å². The van der Waals surface area contributed by atoms with Crippen molar-refractivity contribution in [3.05, 3.63) is 90.3 Å². The number of hydrogen-bond donors (Lipinski definition) is 0. The summed E-state index contributed by atoms with van der Waals surface area (Å²) >= 11 is 0. The molecule has 0 atom stereocenters. The van der Waals surface area contributed by atoms with Gasteiger partial charge in [-0.2, -0.15) is 5.10 Å². The van der Waals surface area contributed by atoms with Crippen LogP contribution in [-0.2, 0) is 16.1 Å². The van der Waals surface area contributed by atoms with Gasteiger partial charge in [0.15, 0.2) is 0 Å². The van der Waals surface area contributed by atoms with E-state index in [9.17, 15) is 4.79 Å². The maximum atomic E-state index is 12.7. The number of para-hydroxylation sites is 1. The summed E-state index contributed by atoms with van der Waals surface area (Å²) in [7, 11) is 1.64. The van der Waals surface area contributed by atoms with Crippen LogP contribution in [0.2, 0.25) is 0 Å². The summed E-state index contributed by atoms with van der Waals surface area (Å²) < 4.78 is 6.93. The number of carbonyl (C=O) groups excluding carboxylic acids is 1. The molecule has 0 aliphatic rings. The van der Waals surface area contributed by atoms with Crippen LogP contribution in [0.25, 0.3) is 11.8 Å². The summed E-state index contributed by atoms with van der Waals surface area (Å²) in [5.41, 5.74) is 2.94. The van der Waals surface area contributed by atoms with Crippen molar-refractivity contribution in [1.82, 2.24) is 14.7 Å². The standard InChI is InChI=1S/C22H23N3O2/c1-27-15-14-24(17-19-8-4-2-5-9-19)22(26)13-12-20-16-23-25(18-20)21-10-6-3-7-11-21/h2-13,16,18H,14-15,17H2,1H3/b13-12+. The third-order valence-corrected chi connectivity index (χ3v) is 4.13. The molecule has 0 fully saturated rings. The smallest absolute Gasteiger partial charge is 0.246 e. The van der Waals surface area contributed by atoms with Crippen LogP contribution in [0, 0.1) is 0 Å². The van der Waals surface area contributed by atoms with Gasteiger partial charge in [-0.3, -0.25) is 4.79 Å². The van der Waals surface area contributed by atoms with E-state index in [1.165, 1.54) is 0 Å². The maximum absolute atomic E-state index is 12.7. The number of benzene rings is 2. The molecule has 0 spiro atoms. The van der Waals surface area contributed by atoms with Crippen molar-refractivity contribution in [2.24, 2.45) is 0 Å².